The van der Waals surface area contributed by atoms with Gasteiger partial charge in [-0.25, -0.2) is 0 Å². The van der Waals surface area contributed by atoms with E-state index in [9.17, 15) is 9.59 Å². The summed E-state index contributed by atoms with van der Waals surface area (Å²) in [4.78, 5) is 20.8. The van der Waals surface area contributed by atoms with Crippen molar-refractivity contribution >= 4 is 23.7 Å². The molecule has 0 bridgehead atoms. The van der Waals surface area contributed by atoms with Gasteiger partial charge in [0.05, 0.1) is 12.8 Å². The molecular formula is C6H8ClNO3. The number of aldehydes is 1. The summed E-state index contributed by atoms with van der Waals surface area (Å²) in [6.07, 6.45) is -0.429. The highest BCUT2D eigenvalue weighted by atomic mass is 35.5. The van der Waals surface area contributed by atoms with Gasteiger partial charge in [-0.3, -0.25) is 14.9 Å². The standard InChI is InChI=1S/C6H8ClNO3/c7-1-4-6(5(10)2-9)11-3-8-4/h2,4,6,8H,1,3H2. The molecule has 4 nitrogen and oxygen atoms in total. The van der Waals surface area contributed by atoms with E-state index in [1.807, 2.05) is 0 Å². The highest BCUT2D eigenvalue weighted by Gasteiger charge is 2.32. The third kappa shape index (κ3) is 1.77. The van der Waals surface area contributed by atoms with Crippen molar-refractivity contribution in [2.45, 2.75) is 12.1 Å². The Labute approximate surface area is 68.8 Å². The molecule has 1 fully saturated rings. The van der Waals surface area contributed by atoms with E-state index in [4.69, 9.17) is 16.3 Å². The topological polar surface area (TPSA) is 55.4 Å². The van der Waals surface area contributed by atoms with E-state index in [-0.39, 0.29) is 24.9 Å². The molecule has 5 heteroatoms. The predicted octanol–water partition coefficient (Wildman–Crippen LogP) is -0.692. The zero-order chi connectivity index (χ0) is 8.27. The minimum absolute atomic E-state index is 0.227. The number of carbonyl (C=O) groups is 2. The van der Waals surface area contributed by atoms with Gasteiger partial charge in [-0.1, -0.05) is 0 Å². The Hall–Kier alpha value is -0.450. The van der Waals surface area contributed by atoms with E-state index >= 15 is 0 Å². The third-order valence-corrected chi connectivity index (χ3v) is 1.87. The second-order valence-corrected chi connectivity index (χ2v) is 2.53. The van der Waals surface area contributed by atoms with Crippen LogP contribution in [-0.2, 0) is 14.3 Å². The first-order valence-corrected chi connectivity index (χ1v) is 3.73. The van der Waals surface area contributed by atoms with Crippen molar-refractivity contribution < 1.29 is 14.3 Å². The summed E-state index contributed by atoms with van der Waals surface area (Å²) in [5.41, 5.74) is 0. The zero-order valence-corrected chi connectivity index (χ0v) is 6.50. The van der Waals surface area contributed by atoms with Gasteiger partial charge in [0, 0.05) is 5.88 Å². The Kier molecular flexibility index (Phi) is 2.99. The molecule has 1 aliphatic rings. The Morgan fingerprint density at radius 1 is 1.82 bits per heavy atom. The van der Waals surface area contributed by atoms with Crippen LogP contribution in [0.4, 0.5) is 0 Å². The normalized spacial score (nSPS) is 30.3. The molecule has 0 radical (unpaired) electrons. The van der Waals surface area contributed by atoms with E-state index in [0.29, 0.717) is 0 Å². The summed E-state index contributed by atoms with van der Waals surface area (Å²) >= 11 is 5.49. The number of carbonyl (C=O) groups excluding carboxylic acids is 2. The maximum Gasteiger partial charge on any atom is 0.225 e. The number of nitrogens with one attached hydrogen (secondary N) is 1. The zero-order valence-electron chi connectivity index (χ0n) is 5.75. The van der Waals surface area contributed by atoms with Crippen molar-refractivity contribution in [3.8, 4) is 0 Å². The minimum Gasteiger partial charge on any atom is -0.353 e. The van der Waals surface area contributed by atoms with Crippen molar-refractivity contribution in [1.29, 1.82) is 0 Å². The molecule has 0 aliphatic carbocycles. The largest absolute Gasteiger partial charge is 0.353 e. The number of ether oxygens (including phenoxy) is 1. The average Bonchev–Trinajstić information content (AvgIpc) is 2.50. The average molecular weight is 178 g/mol. The Balaban J connectivity index is 2.55. The van der Waals surface area contributed by atoms with E-state index in [2.05, 4.69) is 5.32 Å². The lowest BCUT2D eigenvalue weighted by atomic mass is 10.1. The Morgan fingerprint density at radius 3 is 3.09 bits per heavy atom. The molecule has 1 rings (SSSR count). The molecule has 0 spiro atoms. The molecule has 0 aromatic rings. The number of halogens is 1. The summed E-state index contributed by atoms with van der Waals surface area (Å²) in [5.74, 6) is -0.287. The van der Waals surface area contributed by atoms with Crippen LogP contribution in [0.1, 0.15) is 0 Å². The molecular weight excluding hydrogens is 170 g/mol. The minimum atomic E-state index is -0.690. The van der Waals surface area contributed by atoms with E-state index in [1.165, 1.54) is 0 Å². The Morgan fingerprint density at radius 2 is 2.55 bits per heavy atom. The second-order valence-electron chi connectivity index (χ2n) is 2.22. The fourth-order valence-corrected chi connectivity index (χ4v) is 1.22. The quantitative estimate of drug-likeness (QED) is 0.352. The van der Waals surface area contributed by atoms with Gasteiger partial charge in [-0.05, 0) is 0 Å². The van der Waals surface area contributed by atoms with Gasteiger partial charge in [0.1, 0.15) is 6.10 Å². The molecule has 1 saturated heterocycles. The van der Waals surface area contributed by atoms with E-state index < -0.39 is 11.9 Å². The highest BCUT2D eigenvalue weighted by molar-refractivity contribution is 6.28. The number of ketones is 1. The van der Waals surface area contributed by atoms with Crippen LogP contribution in [0.2, 0.25) is 0 Å². The first kappa shape index (κ1) is 8.64. The monoisotopic (exact) mass is 177 g/mol. The van der Waals surface area contributed by atoms with E-state index in [1.54, 1.807) is 0 Å². The molecule has 11 heavy (non-hydrogen) atoms. The van der Waals surface area contributed by atoms with Crippen LogP contribution < -0.4 is 5.32 Å². The summed E-state index contributed by atoms with van der Waals surface area (Å²) in [5, 5.41) is 2.84. The first-order chi connectivity index (χ1) is 5.29. The number of rotatable bonds is 3. The van der Waals surface area contributed by atoms with Gasteiger partial charge in [-0.2, -0.15) is 0 Å². The summed E-state index contributed by atoms with van der Waals surface area (Å²) < 4.78 is 4.93. The fraction of sp³-hybridized carbons (Fsp3) is 0.667. The maximum absolute atomic E-state index is 10.8. The van der Waals surface area contributed by atoms with E-state index in [0.717, 1.165) is 0 Å². The van der Waals surface area contributed by atoms with Crippen LogP contribution in [0.3, 0.4) is 0 Å². The molecule has 1 N–H and O–H groups in total. The number of hydrogen-bond acceptors (Lipinski definition) is 4. The van der Waals surface area contributed by atoms with Crippen molar-refractivity contribution in [3.63, 3.8) is 0 Å². The summed E-state index contributed by atoms with van der Waals surface area (Å²) in [6.45, 7) is 0.279. The van der Waals surface area contributed by atoms with Crippen LogP contribution in [0.15, 0.2) is 0 Å². The van der Waals surface area contributed by atoms with Gasteiger partial charge < -0.3 is 4.74 Å². The van der Waals surface area contributed by atoms with Crippen LogP contribution in [0.25, 0.3) is 0 Å². The van der Waals surface area contributed by atoms with Gasteiger partial charge >= 0.3 is 0 Å². The lowest BCUT2D eigenvalue weighted by Crippen LogP contribution is -2.38. The van der Waals surface area contributed by atoms with Gasteiger partial charge in [0.15, 0.2) is 6.29 Å². The van der Waals surface area contributed by atoms with Crippen LogP contribution in [-0.4, -0.2) is 36.8 Å². The number of alkyl halides is 1. The van der Waals surface area contributed by atoms with Crippen molar-refractivity contribution in [2.75, 3.05) is 12.6 Å². The van der Waals surface area contributed by atoms with Crippen molar-refractivity contribution in [2.24, 2.45) is 0 Å². The predicted molar refractivity (Wildman–Crippen MR) is 38.5 cm³/mol. The highest BCUT2D eigenvalue weighted by Crippen LogP contribution is 2.08. The molecule has 0 saturated carbocycles. The maximum atomic E-state index is 10.8. The van der Waals surface area contributed by atoms with Gasteiger partial charge in [0.25, 0.3) is 0 Å². The SMILES string of the molecule is O=CC(=O)C1OCNC1CCl. The number of Topliss-reactive ketones (excluding diaryl/α,β-unsaturated/α-hetero) is 1. The molecule has 0 aromatic carbocycles. The van der Waals surface area contributed by atoms with Crippen molar-refractivity contribution in [3.05, 3.63) is 0 Å². The molecule has 2 atom stereocenters. The smallest absolute Gasteiger partial charge is 0.225 e. The number of hydrogen-bond donors (Lipinski definition) is 1. The molecule has 1 aliphatic heterocycles. The molecule has 2 unspecified atom stereocenters. The summed E-state index contributed by atoms with van der Waals surface area (Å²) in [7, 11) is 0. The third-order valence-electron chi connectivity index (χ3n) is 1.54. The molecule has 1 heterocycles. The van der Waals surface area contributed by atoms with Crippen LogP contribution >= 0.6 is 11.6 Å². The van der Waals surface area contributed by atoms with Crippen molar-refractivity contribution in [1.82, 2.24) is 5.32 Å². The molecule has 62 valence electrons. The summed E-state index contributed by atoms with van der Waals surface area (Å²) in [6, 6.07) is -0.227. The lowest BCUT2D eigenvalue weighted by molar-refractivity contribution is -0.136. The van der Waals surface area contributed by atoms with Crippen LogP contribution in [0.5, 0.6) is 0 Å². The molecule has 0 aromatic heterocycles. The Bertz CT molecular complexity index is 173. The second kappa shape index (κ2) is 3.80. The van der Waals surface area contributed by atoms with Crippen LogP contribution in [0, 0.1) is 0 Å². The lowest BCUT2D eigenvalue weighted by Gasteiger charge is -2.09. The fourth-order valence-electron chi connectivity index (χ4n) is 0.951. The first-order valence-electron chi connectivity index (χ1n) is 3.19. The molecule has 0 amide bonds. The van der Waals surface area contributed by atoms with Gasteiger partial charge in [-0.15, -0.1) is 11.6 Å². The van der Waals surface area contributed by atoms with Gasteiger partial charge in [0.2, 0.25) is 5.78 Å².